The quantitative estimate of drug-likeness (QED) is 0.876. The van der Waals surface area contributed by atoms with Crippen LogP contribution in [0.3, 0.4) is 0 Å². The van der Waals surface area contributed by atoms with Gasteiger partial charge in [0.1, 0.15) is 0 Å². The molecule has 0 bridgehead atoms. The molecule has 0 fully saturated rings. The summed E-state index contributed by atoms with van der Waals surface area (Å²) in [6.45, 7) is 2.50. The van der Waals surface area contributed by atoms with Crippen molar-refractivity contribution in [1.29, 1.82) is 0 Å². The van der Waals surface area contributed by atoms with Gasteiger partial charge in [-0.25, -0.2) is 4.39 Å². The second-order valence-electron chi connectivity index (χ2n) is 3.17. The highest BCUT2D eigenvalue weighted by atomic mass is 79.9. The lowest BCUT2D eigenvalue weighted by atomic mass is 10.1. The van der Waals surface area contributed by atoms with Crippen LogP contribution in [0.2, 0.25) is 0 Å². The van der Waals surface area contributed by atoms with Gasteiger partial charge in [0, 0.05) is 10.0 Å². The molecule has 1 aromatic carbocycles. The van der Waals surface area contributed by atoms with E-state index in [1.165, 1.54) is 6.07 Å². The molecule has 0 aliphatic rings. The summed E-state index contributed by atoms with van der Waals surface area (Å²) in [5.41, 5.74) is 1.42. The fourth-order valence-corrected chi connectivity index (χ4v) is 1.79. The minimum absolute atomic E-state index is 0.252. The number of halogens is 2. The fraction of sp³-hybridized carbons (Fsp3) is 0.400. The lowest BCUT2D eigenvalue weighted by Gasteiger charge is -2.10. The Morgan fingerprint density at radius 3 is 2.79 bits per heavy atom. The summed E-state index contributed by atoms with van der Waals surface area (Å²) in [7, 11) is 1.82. The maximum absolute atomic E-state index is 13.2. The van der Waals surface area contributed by atoms with E-state index in [2.05, 4.69) is 21.2 Å². The number of aromatic hydroxyl groups is 1. The number of nitrogens with one attached hydrogen (secondary N) is 1. The molecule has 14 heavy (non-hydrogen) atoms. The van der Waals surface area contributed by atoms with Crippen molar-refractivity contribution in [3.05, 3.63) is 27.5 Å². The van der Waals surface area contributed by atoms with Crippen LogP contribution < -0.4 is 5.32 Å². The Kier molecular flexibility index (Phi) is 3.89. The maximum atomic E-state index is 13.2. The molecule has 0 aliphatic heterocycles. The summed E-state index contributed by atoms with van der Waals surface area (Å²) < 4.78 is 13.9. The van der Waals surface area contributed by atoms with E-state index in [1.807, 2.05) is 7.05 Å². The molecular formula is C10H13BrFNO. The normalized spacial score (nSPS) is 10.6. The number of hydrogen-bond acceptors (Lipinski definition) is 2. The van der Waals surface area contributed by atoms with Gasteiger partial charge in [-0.1, -0.05) is 15.9 Å². The third-order valence-electron chi connectivity index (χ3n) is 2.09. The third kappa shape index (κ3) is 2.25. The van der Waals surface area contributed by atoms with Gasteiger partial charge < -0.3 is 10.4 Å². The highest BCUT2D eigenvalue weighted by molar-refractivity contribution is 9.10. The minimum atomic E-state index is -0.559. The number of aryl methyl sites for hydroxylation is 1. The number of rotatable bonds is 3. The summed E-state index contributed by atoms with van der Waals surface area (Å²) in [5.74, 6) is -0.811. The molecule has 2 N–H and O–H groups in total. The van der Waals surface area contributed by atoms with E-state index in [1.54, 1.807) is 6.92 Å². The number of benzene rings is 1. The van der Waals surface area contributed by atoms with Gasteiger partial charge in [-0.2, -0.15) is 0 Å². The van der Waals surface area contributed by atoms with E-state index in [0.717, 1.165) is 10.0 Å². The standard InChI is InChI=1S/C10H13BrFNO/c1-6-5-8(12)10(14)7(9(6)11)3-4-13-2/h5,13-14H,3-4H2,1-2H3. The summed E-state index contributed by atoms with van der Waals surface area (Å²) in [4.78, 5) is 0. The van der Waals surface area contributed by atoms with E-state index in [-0.39, 0.29) is 5.75 Å². The van der Waals surface area contributed by atoms with E-state index < -0.39 is 5.82 Å². The molecule has 4 heteroatoms. The first-order valence-corrected chi connectivity index (χ1v) is 5.18. The largest absolute Gasteiger partial charge is 0.505 e. The third-order valence-corrected chi connectivity index (χ3v) is 3.20. The van der Waals surface area contributed by atoms with Crippen LogP contribution in [-0.2, 0) is 6.42 Å². The summed E-state index contributed by atoms with van der Waals surface area (Å²) >= 11 is 3.34. The van der Waals surface area contributed by atoms with Crippen molar-refractivity contribution in [2.45, 2.75) is 13.3 Å². The molecule has 0 radical (unpaired) electrons. The molecule has 2 nitrogen and oxygen atoms in total. The average molecular weight is 262 g/mol. The molecule has 0 atom stereocenters. The van der Waals surface area contributed by atoms with Crippen LogP contribution in [0.25, 0.3) is 0 Å². The summed E-state index contributed by atoms with van der Waals surface area (Å²) in [6.07, 6.45) is 0.599. The first-order chi connectivity index (χ1) is 6.57. The summed E-state index contributed by atoms with van der Waals surface area (Å²) in [6, 6.07) is 1.32. The molecule has 0 heterocycles. The Balaban J connectivity index is 3.11. The number of hydrogen-bond donors (Lipinski definition) is 2. The van der Waals surface area contributed by atoms with E-state index in [4.69, 9.17) is 0 Å². The van der Waals surface area contributed by atoms with Crippen LogP contribution in [0.4, 0.5) is 4.39 Å². The number of phenolic OH excluding ortho intramolecular Hbond substituents is 1. The van der Waals surface area contributed by atoms with Gasteiger partial charge in [0.15, 0.2) is 11.6 Å². The molecule has 0 aromatic heterocycles. The zero-order chi connectivity index (χ0) is 10.7. The van der Waals surface area contributed by atoms with Crippen molar-refractivity contribution in [3.8, 4) is 5.75 Å². The Labute approximate surface area is 91.3 Å². The fourth-order valence-electron chi connectivity index (χ4n) is 1.29. The number of phenols is 1. The first kappa shape index (κ1) is 11.5. The van der Waals surface area contributed by atoms with Crippen LogP contribution >= 0.6 is 15.9 Å². The van der Waals surface area contributed by atoms with Gasteiger partial charge in [-0.05, 0) is 38.6 Å². The second-order valence-corrected chi connectivity index (χ2v) is 3.96. The zero-order valence-electron chi connectivity index (χ0n) is 8.19. The molecule has 0 saturated carbocycles. The van der Waals surface area contributed by atoms with Crippen LogP contribution in [0.15, 0.2) is 10.5 Å². The van der Waals surface area contributed by atoms with Gasteiger partial charge in [-0.15, -0.1) is 0 Å². The predicted molar refractivity (Wildman–Crippen MR) is 58.1 cm³/mol. The van der Waals surface area contributed by atoms with E-state index in [0.29, 0.717) is 18.5 Å². The van der Waals surface area contributed by atoms with E-state index >= 15 is 0 Å². The van der Waals surface area contributed by atoms with Crippen molar-refractivity contribution in [1.82, 2.24) is 5.32 Å². The lowest BCUT2D eigenvalue weighted by Crippen LogP contribution is -2.11. The van der Waals surface area contributed by atoms with Gasteiger partial charge in [0.25, 0.3) is 0 Å². The molecule has 1 aromatic rings. The van der Waals surface area contributed by atoms with Gasteiger partial charge in [-0.3, -0.25) is 0 Å². The molecular weight excluding hydrogens is 249 g/mol. The lowest BCUT2D eigenvalue weighted by molar-refractivity contribution is 0.424. The zero-order valence-corrected chi connectivity index (χ0v) is 9.78. The smallest absolute Gasteiger partial charge is 0.165 e. The SMILES string of the molecule is CNCCc1c(O)c(F)cc(C)c1Br. The van der Waals surface area contributed by atoms with Gasteiger partial charge in [0.05, 0.1) is 0 Å². The summed E-state index contributed by atoms with van der Waals surface area (Å²) in [5, 5.41) is 12.5. The van der Waals surface area contributed by atoms with E-state index in [9.17, 15) is 9.50 Å². The molecule has 1 rings (SSSR count). The van der Waals surface area contributed by atoms with Crippen molar-refractivity contribution < 1.29 is 9.50 Å². The highest BCUT2D eigenvalue weighted by Crippen LogP contribution is 2.31. The Hall–Kier alpha value is -0.610. The molecule has 0 spiro atoms. The molecule has 0 saturated heterocycles. The molecule has 78 valence electrons. The topological polar surface area (TPSA) is 32.3 Å². The van der Waals surface area contributed by atoms with Crippen LogP contribution in [-0.4, -0.2) is 18.7 Å². The van der Waals surface area contributed by atoms with Crippen LogP contribution in [0, 0.1) is 12.7 Å². The maximum Gasteiger partial charge on any atom is 0.165 e. The Morgan fingerprint density at radius 1 is 1.57 bits per heavy atom. The average Bonchev–Trinajstić information content (AvgIpc) is 2.15. The Morgan fingerprint density at radius 2 is 2.21 bits per heavy atom. The Bertz CT molecular complexity index is 315. The van der Waals surface area contributed by atoms with Crippen molar-refractivity contribution in [3.63, 3.8) is 0 Å². The van der Waals surface area contributed by atoms with Crippen LogP contribution in [0.1, 0.15) is 11.1 Å². The predicted octanol–water partition coefficient (Wildman–Crippen LogP) is 2.36. The van der Waals surface area contributed by atoms with Crippen molar-refractivity contribution in [2.75, 3.05) is 13.6 Å². The molecule has 0 amide bonds. The molecule has 0 aliphatic carbocycles. The number of likely N-dealkylation sites (N-methyl/N-ethyl adjacent to an activating group) is 1. The van der Waals surface area contributed by atoms with Crippen molar-refractivity contribution >= 4 is 15.9 Å². The first-order valence-electron chi connectivity index (χ1n) is 4.39. The van der Waals surface area contributed by atoms with Crippen LogP contribution in [0.5, 0.6) is 5.75 Å². The molecule has 0 unspecified atom stereocenters. The minimum Gasteiger partial charge on any atom is -0.505 e. The monoisotopic (exact) mass is 261 g/mol. The van der Waals surface area contributed by atoms with Gasteiger partial charge >= 0.3 is 0 Å². The highest BCUT2D eigenvalue weighted by Gasteiger charge is 2.13. The van der Waals surface area contributed by atoms with Gasteiger partial charge in [0.2, 0.25) is 0 Å². The second kappa shape index (κ2) is 4.75. The van der Waals surface area contributed by atoms with Crippen molar-refractivity contribution in [2.24, 2.45) is 0 Å².